The highest BCUT2D eigenvalue weighted by Crippen LogP contribution is 2.30. The smallest absolute Gasteiger partial charge is 0.242 e. The number of halogens is 2. The summed E-state index contributed by atoms with van der Waals surface area (Å²) >= 11 is 12.1. The summed E-state index contributed by atoms with van der Waals surface area (Å²) in [6.45, 7) is 1.93. The molecule has 0 aromatic heterocycles. The van der Waals surface area contributed by atoms with Crippen LogP contribution in [0.5, 0.6) is 5.75 Å². The summed E-state index contributed by atoms with van der Waals surface area (Å²) in [4.78, 5) is 26.8. The lowest BCUT2D eigenvalue weighted by Gasteiger charge is -2.29. The molecule has 1 atom stereocenters. The van der Waals surface area contributed by atoms with Crippen LogP contribution in [0.4, 0.5) is 5.69 Å². The molecule has 0 unspecified atom stereocenters. The topological polar surface area (TPSA) is 96.0 Å². The number of sulfonamides is 1. The summed E-state index contributed by atoms with van der Waals surface area (Å²) in [5.74, 6) is -0.143. The zero-order valence-electron chi connectivity index (χ0n) is 19.5. The third-order valence-electron chi connectivity index (χ3n) is 5.26. The highest BCUT2D eigenvalue weighted by Gasteiger charge is 2.26. The first-order valence-corrected chi connectivity index (χ1v) is 13.1. The average Bonchev–Trinajstić information content (AvgIpc) is 2.79. The fourth-order valence-electron chi connectivity index (χ4n) is 3.39. The second-order valence-corrected chi connectivity index (χ2v) is 10.4. The van der Waals surface area contributed by atoms with E-state index in [1.165, 1.54) is 29.4 Å². The van der Waals surface area contributed by atoms with Gasteiger partial charge in [0.2, 0.25) is 21.8 Å². The van der Waals surface area contributed by atoms with Crippen LogP contribution in [0.3, 0.4) is 0 Å². The molecule has 0 aliphatic carbocycles. The Balaban J connectivity index is 2.16. The largest absolute Gasteiger partial charge is 0.495 e. The van der Waals surface area contributed by atoms with E-state index in [0.717, 1.165) is 11.8 Å². The normalized spacial score (nSPS) is 12.1. The molecule has 0 saturated carbocycles. The van der Waals surface area contributed by atoms with E-state index in [9.17, 15) is 18.0 Å². The molecule has 0 bridgehead atoms. The SMILES string of the molecule is CNC(=O)[C@H](C)N(Cc1ccc(Cl)cc1)C(=O)CCCN(c1ccc(OC)c(Cl)c1)S(C)(=O)=O. The molecule has 8 nitrogen and oxygen atoms in total. The lowest BCUT2D eigenvalue weighted by atomic mass is 10.1. The number of rotatable bonds is 11. The highest BCUT2D eigenvalue weighted by atomic mass is 35.5. The quantitative estimate of drug-likeness (QED) is 0.478. The zero-order chi connectivity index (χ0) is 25.5. The fourth-order valence-corrected chi connectivity index (χ4v) is 4.73. The minimum Gasteiger partial charge on any atom is -0.495 e. The van der Waals surface area contributed by atoms with E-state index in [2.05, 4.69) is 5.32 Å². The Kier molecular flexibility index (Phi) is 10.0. The van der Waals surface area contributed by atoms with E-state index in [-0.39, 0.29) is 42.8 Å². The van der Waals surface area contributed by atoms with Crippen molar-refractivity contribution in [1.29, 1.82) is 0 Å². The minimum absolute atomic E-state index is 0.0465. The molecule has 2 aromatic rings. The molecule has 0 aliphatic rings. The van der Waals surface area contributed by atoms with E-state index in [1.807, 2.05) is 0 Å². The van der Waals surface area contributed by atoms with Gasteiger partial charge in [-0.15, -0.1) is 0 Å². The zero-order valence-corrected chi connectivity index (χ0v) is 21.9. The van der Waals surface area contributed by atoms with Gasteiger partial charge in [-0.3, -0.25) is 13.9 Å². The van der Waals surface area contributed by atoms with Crippen LogP contribution in [-0.2, 0) is 26.2 Å². The van der Waals surface area contributed by atoms with Gasteiger partial charge in [0.05, 0.1) is 24.1 Å². The van der Waals surface area contributed by atoms with Crippen molar-refractivity contribution in [2.24, 2.45) is 0 Å². The molecule has 0 heterocycles. The maximum atomic E-state index is 13.1. The van der Waals surface area contributed by atoms with E-state index in [0.29, 0.717) is 16.5 Å². The van der Waals surface area contributed by atoms with Gasteiger partial charge in [-0.2, -0.15) is 0 Å². The predicted molar refractivity (Wildman–Crippen MR) is 135 cm³/mol. The Morgan fingerprint density at radius 3 is 2.29 bits per heavy atom. The monoisotopic (exact) mass is 529 g/mol. The van der Waals surface area contributed by atoms with Crippen LogP contribution in [0.2, 0.25) is 10.0 Å². The maximum Gasteiger partial charge on any atom is 0.242 e. The number of nitrogens with one attached hydrogen (secondary N) is 1. The molecule has 0 spiro atoms. The molecule has 34 heavy (non-hydrogen) atoms. The van der Waals surface area contributed by atoms with Crippen molar-refractivity contribution in [1.82, 2.24) is 10.2 Å². The summed E-state index contributed by atoms with van der Waals surface area (Å²) in [5, 5.41) is 3.41. The Hall–Kier alpha value is -2.49. The summed E-state index contributed by atoms with van der Waals surface area (Å²) in [5.41, 5.74) is 1.19. The molecule has 2 aromatic carbocycles. The molecule has 0 aliphatic heterocycles. The average molecular weight is 530 g/mol. The molecule has 186 valence electrons. The van der Waals surface area contributed by atoms with E-state index < -0.39 is 16.1 Å². The molecule has 11 heteroatoms. The Morgan fingerprint density at radius 2 is 1.76 bits per heavy atom. The summed E-state index contributed by atoms with van der Waals surface area (Å²) < 4.78 is 31.1. The third kappa shape index (κ3) is 7.51. The highest BCUT2D eigenvalue weighted by molar-refractivity contribution is 7.92. The molecule has 2 rings (SSSR count). The van der Waals surface area contributed by atoms with Crippen LogP contribution in [0.15, 0.2) is 42.5 Å². The van der Waals surface area contributed by atoms with E-state index >= 15 is 0 Å². The van der Waals surface area contributed by atoms with Crippen molar-refractivity contribution in [3.8, 4) is 5.75 Å². The lowest BCUT2D eigenvalue weighted by molar-refractivity contribution is -0.140. The number of hydrogen-bond donors (Lipinski definition) is 1. The second kappa shape index (κ2) is 12.3. The van der Waals surface area contributed by atoms with Crippen molar-refractivity contribution < 1.29 is 22.7 Å². The number of methoxy groups -OCH3 is 1. The fraction of sp³-hybridized carbons (Fsp3) is 0.391. The van der Waals surface area contributed by atoms with Gasteiger partial charge in [0.1, 0.15) is 11.8 Å². The van der Waals surface area contributed by atoms with Gasteiger partial charge in [-0.25, -0.2) is 8.42 Å². The predicted octanol–water partition coefficient (Wildman–Crippen LogP) is 3.71. The van der Waals surface area contributed by atoms with Gasteiger partial charge < -0.3 is 15.0 Å². The Morgan fingerprint density at radius 1 is 1.12 bits per heavy atom. The molecule has 0 radical (unpaired) electrons. The molecule has 0 saturated heterocycles. The number of benzene rings is 2. The number of carbonyl (C=O) groups is 2. The van der Waals surface area contributed by atoms with Crippen molar-refractivity contribution in [2.75, 3.05) is 31.3 Å². The summed E-state index contributed by atoms with van der Waals surface area (Å²) in [6, 6.07) is 11.0. The van der Waals surface area contributed by atoms with Gasteiger partial charge in [0.25, 0.3) is 0 Å². The van der Waals surface area contributed by atoms with Crippen molar-refractivity contribution >= 4 is 50.7 Å². The Labute approximate surface area is 210 Å². The lowest BCUT2D eigenvalue weighted by Crippen LogP contribution is -2.46. The first kappa shape index (κ1) is 27.8. The van der Waals surface area contributed by atoms with Crippen molar-refractivity contribution in [3.63, 3.8) is 0 Å². The number of hydrogen-bond acceptors (Lipinski definition) is 5. The van der Waals surface area contributed by atoms with Gasteiger partial charge >= 0.3 is 0 Å². The van der Waals surface area contributed by atoms with Gasteiger partial charge in [-0.05, 0) is 49.2 Å². The van der Waals surface area contributed by atoms with Crippen LogP contribution < -0.4 is 14.4 Å². The Bertz CT molecular complexity index is 1110. The molecule has 1 N–H and O–H groups in total. The first-order valence-electron chi connectivity index (χ1n) is 10.5. The summed E-state index contributed by atoms with van der Waals surface area (Å²) in [7, 11) is -0.650. The van der Waals surface area contributed by atoms with Crippen LogP contribution in [-0.4, -0.2) is 58.1 Å². The number of carbonyl (C=O) groups excluding carboxylic acids is 2. The van der Waals surface area contributed by atoms with Crippen molar-refractivity contribution in [3.05, 3.63) is 58.1 Å². The van der Waals surface area contributed by atoms with Crippen LogP contribution in [0.25, 0.3) is 0 Å². The van der Waals surface area contributed by atoms with Gasteiger partial charge in [-0.1, -0.05) is 35.3 Å². The first-order chi connectivity index (χ1) is 16.0. The van der Waals surface area contributed by atoms with Crippen molar-refractivity contribution in [2.45, 2.75) is 32.4 Å². The van der Waals surface area contributed by atoms with Crippen LogP contribution in [0.1, 0.15) is 25.3 Å². The van der Waals surface area contributed by atoms with E-state index in [4.69, 9.17) is 27.9 Å². The van der Waals surface area contributed by atoms with E-state index in [1.54, 1.807) is 43.3 Å². The number of amides is 2. The third-order valence-corrected chi connectivity index (χ3v) is 7.00. The molecule has 2 amide bonds. The number of ether oxygens (including phenoxy) is 1. The molecular weight excluding hydrogens is 501 g/mol. The molecular formula is C23H29Cl2N3O5S. The number of anilines is 1. The standard InChI is InChI=1S/C23H29Cl2N3O5S/c1-16(23(30)26-2)27(15-17-7-9-18(24)10-8-17)22(29)6-5-13-28(34(4,31)32)19-11-12-21(33-3)20(25)14-19/h7-12,14,16H,5-6,13,15H2,1-4H3,(H,26,30)/t16-/m0/s1. The van der Waals surface area contributed by atoms with Crippen LogP contribution in [0, 0.1) is 0 Å². The van der Waals surface area contributed by atoms with Gasteiger partial charge in [0.15, 0.2) is 0 Å². The van der Waals surface area contributed by atoms with Gasteiger partial charge in [0, 0.05) is 31.6 Å². The van der Waals surface area contributed by atoms with Crippen LogP contribution >= 0.6 is 23.2 Å². The minimum atomic E-state index is -3.63. The summed E-state index contributed by atoms with van der Waals surface area (Å²) in [6.07, 6.45) is 1.38. The maximum absolute atomic E-state index is 13.1. The number of likely N-dealkylation sites (N-methyl/N-ethyl adjacent to an activating group) is 1. The number of nitrogens with zero attached hydrogens (tertiary/aromatic N) is 2. The molecule has 0 fully saturated rings. The second-order valence-electron chi connectivity index (χ2n) is 7.70.